The minimum absolute atomic E-state index is 0.00726. The molecule has 33 heavy (non-hydrogen) atoms. The maximum atomic E-state index is 12.8. The number of fused-ring (bicyclic) bond motifs is 1. The highest BCUT2D eigenvalue weighted by atomic mass is 16.7. The Labute approximate surface area is 186 Å². The van der Waals surface area contributed by atoms with Crippen molar-refractivity contribution in [2.45, 2.75) is 30.7 Å². The van der Waals surface area contributed by atoms with E-state index in [-0.39, 0.29) is 34.0 Å². The summed E-state index contributed by atoms with van der Waals surface area (Å²) in [5.41, 5.74) is -0.412. The van der Waals surface area contributed by atoms with Crippen molar-refractivity contribution < 1.29 is 49.3 Å². The fourth-order valence-corrected chi connectivity index (χ4v) is 3.58. The SMILES string of the molecule is COc1cc(O)c2c(=O)cc(-c3ccc(O)cc3)oc2c1O[C@H]1O[C@@H](CO)[C@@H](O)[C@@H](O)[C@H]1O. The molecule has 1 aromatic heterocycles. The number of methoxy groups -OCH3 is 1. The van der Waals surface area contributed by atoms with Gasteiger partial charge in [0.15, 0.2) is 16.8 Å². The number of benzene rings is 2. The molecule has 11 heteroatoms. The maximum absolute atomic E-state index is 12.8. The topological polar surface area (TPSA) is 179 Å². The second-order valence-corrected chi connectivity index (χ2v) is 7.47. The van der Waals surface area contributed by atoms with Crippen LogP contribution in [0, 0.1) is 0 Å². The number of aliphatic hydroxyl groups is 4. The molecule has 176 valence electrons. The van der Waals surface area contributed by atoms with E-state index in [4.69, 9.17) is 18.6 Å². The van der Waals surface area contributed by atoms with Gasteiger partial charge in [-0.25, -0.2) is 0 Å². The molecule has 0 bridgehead atoms. The molecule has 1 aliphatic heterocycles. The smallest absolute Gasteiger partial charge is 0.229 e. The van der Waals surface area contributed by atoms with Crippen LogP contribution in [0.25, 0.3) is 22.3 Å². The van der Waals surface area contributed by atoms with Crippen molar-refractivity contribution in [3.8, 4) is 34.3 Å². The molecule has 0 amide bonds. The van der Waals surface area contributed by atoms with E-state index in [2.05, 4.69) is 0 Å². The largest absolute Gasteiger partial charge is 0.508 e. The Morgan fingerprint density at radius 3 is 2.33 bits per heavy atom. The fourth-order valence-electron chi connectivity index (χ4n) is 3.58. The summed E-state index contributed by atoms with van der Waals surface area (Å²) in [6.45, 7) is -0.668. The normalized spacial score (nSPS) is 25.2. The molecule has 4 rings (SSSR count). The molecule has 5 atom stereocenters. The lowest BCUT2D eigenvalue weighted by Gasteiger charge is -2.39. The van der Waals surface area contributed by atoms with Crippen molar-refractivity contribution in [1.82, 2.24) is 0 Å². The average molecular weight is 462 g/mol. The number of ether oxygens (including phenoxy) is 3. The summed E-state index contributed by atoms with van der Waals surface area (Å²) in [6.07, 6.45) is -7.85. The van der Waals surface area contributed by atoms with E-state index >= 15 is 0 Å². The molecule has 2 heterocycles. The van der Waals surface area contributed by atoms with Crippen molar-refractivity contribution in [2.75, 3.05) is 13.7 Å². The van der Waals surface area contributed by atoms with Crippen molar-refractivity contribution >= 4 is 11.0 Å². The lowest BCUT2D eigenvalue weighted by molar-refractivity contribution is -0.277. The second kappa shape index (κ2) is 8.89. The Morgan fingerprint density at radius 1 is 1.00 bits per heavy atom. The van der Waals surface area contributed by atoms with E-state index in [0.29, 0.717) is 5.56 Å². The molecule has 0 unspecified atom stereocenters. The van der Waals surface area contributed by atoms with Crippen LogP contribution in [0.5, 0.6) is 23.0 Å². The van der Waals surface area contributed by atoms with Gasteiger partial charge in [0.1, 0.15) is 47.1 Å². The fraction of sp³-hybridized carbons (Fsp3) is 0.318. The zero-order chi connectivity index (χ0) is 23.9. The van der Waals surface area contributed by atoms with E-state index in [1.807, 2.05) is 0 Å². The predicted octanol–water partition coefficient (Wildman–Crippen LogP) is 0.0585. The predicted molar refractivity (Wildman–Crippen MR) is 112 cm³/mol. The number of aromatic hydroxyl groups is 2. The lowest BCUT2D eigenvalue weighted by atomic mass is 9.99. The monoisotopic (exact) mass is 462 g/mol. The molecular weight excluding hydrogens is 440 g/mol. The van der Waals surface area contributed by atoms with Gasteiger partial charge in [0.2, 0.25) is 12.0 Å². The average Bonchev–Trinajstić information content (AvgIpc) is 2.80. The highest BCUT2D eigenvalue weighted by Gasteiger charge is 2.45. The first kappa shape index (κ1) is 22.8. The van der Waals surface area contributed by atoms with E-state index in [9.17, 15) is 35.4 Å². The van der Waals surface area contributed by atoms with Crippen LogP contribution in [0.3, 0.4) is 0 Å². The summed E-state index contributed by atoms with van der Waals surface area (Å²) in [7, 11) is 1.27. The Balaban J connectivity index is 1.86. The third kappa shape index (κ3) is 4.08. The summed E-state index contributed by atoms with van der Waals surface area (Å²) < 4.78 is 22.2. The first-order valence-corrected chi connectivity index (χ1v) is 9.89. The third-order valence-electron chi connectivity index (χ3n) is 5.36. The number of phenols is 2. The molecule has 6 N–H and O–H groups in total. The standard InChI is InChI=1S/C22H22O11/c1-30-14-7-12(26)16-11(25)6-13(9-2-4-10(24)5-3-9)31-21(16)20(14)33-22-19(29)18(28)17(27)15(8-23)32-22/h2-7,15,17-19,22-24,26-29H,8H2,1H3/t15-,17+,18+,19+,22+/m0/s1. The summed E-state index contributed by atoms with van der Waals surface area (Å²) in [5.74, 6) is -0.670. The van der Waals surface area contributed by atoms with Gasteiger partial charge in [-0.1, -0.05) is 0 Å². The molecule has 1 saturated heterocycles. The molecule has 11 nitrogen and oxygen atoms in total. The zero-order valence-electron chi connectivity index (χ0n) is 17.3. The number of hydrogen-bond donors (Lipinski definition) is 6. The number of aliphatic hydroxyl groups excluding tert-OH is 4. The van der Waals surface area contributed by atoms with Gasteiger partial charge >= 0.3 is 0 Å². The van der Waals surface area contributed by atoms with Crippen LogP contribution in [-0.4, -0.2) is 75.1 Å². The van der Waals surface area contributed by atoms with E-state index in [1.54, 1.807) is 0 Å². The van der Waals surface area contributed by atoms with Crippen LogP contribution in [-0.2, 0) is 4.74 Å². The summed E-state index contributed by atoms with van der Waals surface area (Å²) in [6, 6.07) is 8.08. The van der Waals surface area contributed by atoms with Crippen LogP contribution in [0.2, 0.25) is 0 Å². The molecule has 0 spiro atoms. The van der Waals surface area contributed by atoms with Gasteiger partial charge in [0.05, 0.1) is 13.7 Å². The highest BCUT2D eigenvalue weighted by molar-refractivity contribution is 5.91. The lowest BCUT2D eigenvalue weighted by Crippen LogP contribution is -2.60. The van der Waals surface area contributed by atoms with Crippen LogP contribution >= 0.6 is 0 Å². The zero-order valence-corrected chi connectivity index (χ0v) is 17.3. The Morgan fingerprint density at radius 2 is 1.70 bits per heavy atom. The van der Waals surface area contributed by atoms with Gasteiger partial charge in [-0.3, -0.25) is 4.79 Å². The molecule has 1 fully saturated rings. The number of hydrogen-bond acceptors (Lipinski definition) is 11. The second-order valence-electron chi connectivity index (χ2n) is 7.47. The number of rotatable bonds is 5. The van der Waals surface area contributed by atoms with Crippen LogP contribution in [0.15, 0.2) is 45.6 Å². The van der Waals surface area contributed by atoms with Crippen molar-refractivity contribution in [3.05, 3.63) is 46.6 Å². The molecular formula is C22H22O11. The number of phenolic OH excluding ortho intramolecular Hbond substituents is 2. The summed E-state index contributed by atoms with van der Waals surface area (Å²) in [5, 5.41) is 59.4. The molecule has 3 aromatic rings. The van der Waals surface area contributed by atoms with Crippen LogP contribution in [0.4, 0.5) is 0 Å². The molecule has 0 saturated carbocycles. The molecule has 0 radical (unpaired) electrons. The van der Waals surface area contributed by atoms with E-state index in [1.165, 1.54) is 31.4 Å². The van der Waals surface area contributed by atoms with Gasteiger partial charge < -0.3 is 49.3 Å². The first-order valence-electron chi connectivity index (χ1n) is 9.89. The van der Waals surface area contributed by atoms with Crippen LogP contribution in [0.1, 0.15) is 0 Å². The third-order valence-corrected chi connectivity index (χ3v) is 5.36. The molecule has 0 aliphatic carbocycles. The van der Waals surface area contributed by atoms with Crippen LogP contribution < -0.4 is 14.9 Å². The van der Waals surface area contributed by atoms with Crippen molar-refractivity contribution in [1.29, 1.82) is 0 Å². The van der Waals surface area contributed by atoms with Crippen molar-refractivity contribution in [3.63, 3.8) is 0 Å². The van der Waals surface area contributed by atoms with Gasteiger partial charge in [0.25, 0.3) is 0 Å². The maximum Gasteiger partial charge on any atom is 0.229 e. The summed E-state index contributed by atoms with van der Waals surface area (Å²) in [4.78, 5) is 12.8. The minimum Gasteiger partial charge on any atom is -0.508 e. The van der Waals surface area contributed by atoms with E-state index < -0.39 is 48.5 Å². The van der Waals surface area contributed by atoms with E-state index in [0.717, 1.165) is 12.1 Å². The molecule has 1 aliphatic rings. The minimum atomic E-state index is -1.73. The highest BCUT2D eigenvalue weighted by Crippen LogP contribution is 2.42. The quantitative estimate of drug-likeness (QED) is 0.302. The van der Waals surface area contributed by atoms with Gasteiger partial charge in [-0.05, 0) is 24.3 Å². The Kier molecular flexibility index (Phi) is 6.15. The van der Waals surface area contributed by atoms with Gasteiger partial charge in [0, 0.05) is 17.7 Å². The Hall–Kier alpha value is -3.35. The van der Waals surface area contributed by atoms with Gasteiger partial charge in [-0.2, -0.15) is 0 Å². The Bertz CT molecular complexity index is 1200. The van der Waals surface area contributed by atoms with Gasteiger partial charge in [-0.15, -0.1) is 0 Å². The summed E-state index contributed by atoms with van der Waals surface area (Å²) >= 11 is 0. The van der Waals surface area contributed by atoms with Crippen molar-refractivity contribution in [2.24, 2.45) is 0 Å². The first-order chi connectivity index (χ1) is 15.7. The molecule has 2 aromatic carbocycles.